The normalized spacial score (nSPS) is 21.4. The Balaban J connectivity index is 1.47. The molecule has 2 fully saturated rings. The molecule has 9 nitrogen and oxygen atoms in total. The zero-order chi connectivity index (χ0) is 23.2. The van der Waals surface area contributed by atoms with Crippen molar-refractivity contribution < 1.29 is 4.92 Å². The van der Waals surface area contributed by atoms with Gasteiger partial charge in [-0.25, -0.2) is 4.98 Å². The van der Waals surface area contributed by atoms with Gasteiger partial charge in [-0.3, -0.25) is 10.1 Å². The molecule has 0 radical (unpaired) electrons. The monoisotopic (exact) mass is 453 g/mol. The Morgan fingerprint density at radius 2 is 1.82 bits per heavy atom. The second-order valence-electron chi connectivity index (χ2n) is 9.39. The number of nitrogens with one attached hydrogen (secondary N) is 1. The number of hydrogen-bond donors (Lipinski definition) is 3. The average molecular weight is 454 g/mol. The van der Waals surface area contributed by atoms with Crippen molar-refractivity contribution in [2.75, 3.05) is 29.0 Å². The van der Waals surface area contributed by atoms with Crippen LogP contribution in [0.15, 0.2) is 24.3 Å². The summed E-state index contributed by atoms with van der Waals surface area (Å²) in [7, 11) is 0. The van der Waals surface area contributed by atoms with Crippen LogP contribution in [-0.4, -0.2) is 34.0 Å². The Bertz CT molecular complexity index is 952. The van der Waals surface area contributed by atoms with Crippen LogP contribution in [0.1, 0.15) is 62.6 Å². The van der Waals surface area contributed by atoms with Gasteiger partial charge >= 0.3 is 5.69 Å². The van der Waals surface area contributed by atoms with Crippen LogP contribution < -0.4 is 21.7 Å². The number of nitrogens with two attached hydrogens (primary N) is 2. The number of rotatable bonds is 7. The Kier molecular flexibility index (Phi) is 7.59. The molecule has 33 heavy (non-hydrogen) atoms. The number of nitrogen functional groups attached to an aromatic ring is 1. The van der Waals surface area contributed by atoms with Crippen molar-refractivity contribution in [3.05, 3.63) is 45.6 Å². The van der Waals surface area contributed by atoms with Gasteiger partial charge in [-0.1, -0.05) is 25.0 Å². The molecule has 5 N–H and O–H groups in total. The van der Waals surface area contributed by atoms with Gasteiger partial charge in [-0.05, 0) is 68.6 Å². The first-order chi connectivity index (χ1) is 16.0. The minimum Gasteiger partial charge on any atom is -0.378 e. The first-order valence-corrected chi connectivity index (χ1v) is 12.1. The van der Waals surface area contributed by atoms with E-state index in [1.807, 2.05) is 0 Å². The zero-order valence-electron chi connectivity index (χ0n) is 19.2. The summed E-state index contributed by atoms with van der Waals surface area (Å²) in [5.74, 6) is 0.579. The van der Waals surface area contributed by atoms with Crippen LogP contribution in [0.5, 0.6) is 0 Å². The predicted molar refractivity (Wildman–Crippen MR) is 131 cm³/mol. The maximum Gasteiger partial charge on any atom is 0.332 e. The molecule has 1 aliphatic heterocycles. The van der Waals surface area contributed by atoms with Gasteiger partial charge < -0.3 is 21.7 Å². The quantitative estimate of drug-likeness (QED) is 0.422. The first-order valence-electron chi connectivity index (χ1n) is 12.1. The third-order valence-corrected chi connectivity index (χ3v) is 6.87. The maximum atomic E-state index is 11.6. The predicted octanol–water partition coefficient (Wildman–Crippen LogP) is 4.02. The lowest BCUT2D eigenvalue weighted by molar-refractivity contribution is -0.385. The third kappa shape index (κ3) is 6.10. The molecule has 2 aliphatic rings. The molecule has 1 aliphatic carbocycles. The lowest BCUT2D eigenvalue weighted by Gasteiger charge is -2.25. The Hall–Kier alpha value is -2.94. The molecule has 0 amide bonds. The van der Waals surface area contributed by atoms with Gasteiger partial charge in [0.05, 0.1) is 4.92 Å². The van der Waals surface area contributed by atoms with Crippen LogP contribution in [0.3, 0.4) is 0 Å². The van der Waals surface area contributed by atoms with E-state index in [2.05, 4.69) is 44.5 Å². The fraction of sp³-hybridized carbons (Fsp3) is 0.583. The van der Waals surface area contributed by atoms with E-state index >= 15 is 0 Å². The van der Waals surface area contributed by atoms with Gasteiger partial charge in [-0.2, -0.15) is 4.98 Å². The summed E-state index contributed by atoms with van der Waals surface area (Å²) in [5, 5.41) is 14.9. The second kappa shape index (κ2) is 10.8. The molecule has 1 aromatic carbocycles. The fourth-order valence-electron chi connectivity index (χ4n) is 4.98. The molecule has 4 rings (SSSR count). The van der Waals surface area contributed by atoms with Gasteiger partial charge in [0.2, 0.25) is 11.8 Å². The van der Waals surface area contributed by atoms with E-state index in [4.69, 9.17) is 11.5 Å². The summed E-state index contributed by atoms with van der Waals surface area (Å²) in [6.45, 7) is 2.71. The molecule has 2 aromatic rings. The summed E-state index contributed by atoms with van der Waals surface area (Å²) < 4.78 is 0. The van der Waals surface area contributed by atoms with Crippen molar-refractivity contribution in [1.82, 2.24) is 9.97 Å². The highest BCUT2D eigenvalue weighted by Crippen LogP contribution is 2.32. The third-order valence-electron chi connectivity index (χ3n) is 6.87. The molecule has 0 unspecified atom stereocenters. The standard InChI is InChI=1S/C24H35N7O2/c25-19-10-8-17(9-11-19)15-21-22(31(32)33)23(26)29-24(28-21)27-16-18-6-5-7-20(14-18)30-12-3-1-2-4-13-30/h5-7,14,17,19H,1-4,8-13,15-16,25H2,(H3,26,27,28,29). The van der Waals surface area contributed by atoms with Crippen molar-refractivity contribution in [3.63, 3.8) is 0 Å². The van der Waals surface area contributed by atoms with Gasteiger partial charge in [0.1, 0.15) is 5.69 Å². The van der Waals surface area contributed by atoms with E-state index in [-0.39, 0.29) is 17.5 Å². The lowest BCUT2D eigenvalue weighted by Crippen LogP contribution is -2.27. The van der Waals surface area contributed by atoms with Crippen LogP contribution in [-0.2, 0) is 13.0 Å². The van der Waals surface area contributed by atoms with Crippen molar-refractivity contribution in [3.8, 4) is 0 Å². The second-order valence-corrected chi connectivity index (χ2v) is 9.39. The summed E-state index contributed by atoms with van der Waals surface area (Å²) in [5.41, 5.74) is 14.6. The molecule has 178 valence electrons. The highest BCUT2D eigenvalue weighted by Gasteiger charge is 2.27. The highest BCUT2D eigenvalue weighted by atomic mass is 16.6. The largest absolute Gasteiger partial charge is 0.378 e. The molecule has 2 heterocycles. The van der Waals surface area contributed by atoms with Crippen LogP contribution in [0.25, 0.3) is 0 Å². The topological polar surface area (TPSA) is 136 Å². The molecule has 9 heteroatoms. The Morgan fingerprint density at radius 1 is 1.09 bits per heavy atom. The number of hydrogen-bond acceptors (Lipinski definition) is 8. The van der Waals surface area contributed by atoms with Gasteiger partial charge in [-0.15, -0.1) is 0 Å². The van der Waals surface area contributed by atoms with Crippen molar-refractivity contribution in [2.45, 2.75) is 70.4 Å². The fourth-order valence-corrected chi connectivity index (χ4v) is 4.98. The van der Waals surface area contributed by atoms with E-state index in [1.54, 1.807) is 0 Å². The van der Waals surface area contributed by atoms with Crippen LogP contribution in [0.2, 0.25) is 0 Å². The molecule has 0 bridgehead atoms. The minimum absolute atomic E-state index is 0.0849. The van der Waals surface area contributed by atoms with Gasteiger partial charge in [0.25, 0.3) is 0 Å². The zero-order valence-corrected chi connectivity index (χ0v) is 19.2. The summed E-state index contributed by atoms with van der Waals surface area (Å²) >= 11 is 0. The minimum atomic E-state index is -0.465. The molecule has 0 spiro atoms. The molecule has 1 aromatic heterocycles. The molecular formula is C24H35N7O2. The van der Waals surface area contributed by atoms with Crippen LogP contribution in [0, 0.1) is 16.0 Å². The number of nitrogens with zero attached hydrogens (tertiary/aromatic N) is 4. The first kappa shape index (κ1) is 23.2. The van der Waals surface area contributed by atoms with E-state index in [0.29, 0.717) is 30.5 Å². The SMILES string of the molecule is Nc1nc(NCc2cccc(N3CCCCCC3)c2)nc(CC2CCC(N)CC2)c1[N+](=O)[O-]. The lowest BCUT2D eigenvalue weighted by atomic mass is 9.83. The van der Waals surface area contributed by atoms with Crippen LogP contribution in [0.4, 0.5) is 23.1 Å². The van der Waals surface area contributed by atoms with Crippen LogP contribution >= 0.6 is 0 Å². The summed E-state index contributed by atoms with van der Waals surface area (Å²) in [4.78, 5) is 22.3. The molecule has 0 atom stereocenters. The maximum absolute atomic E-state index is 11.6. The number of nitro groups is 1. The molecular weight excluding hydrogens is 418 g/mol. The van der Waals surface area contributed by atoms with E-state index in [1.165, 1.54) is 31.4 Å². The number of aromatic nitrogens is 2. The van der Waals surface area contributed by atoms with E-state index in [0.717, 1.165) is 44.3 Å². The van der Waals surface area contributed by atoms with Gasteiger partial charge in [0.15, 0.2) is 0 Å². The van der Waals surface area contributed by atoms with Crippen molar-refractivity contribution >= 4 is 23.1 Å². The average Bonchev–Trinajstić information content (AvgIpc) is 3.09. The molecule has 1 saturated heterocycles. The smallest absolute Gasteiger partial charge is 0.332 e. The van der Waals surface area contributed by atoms with Crippen molar-refractivity contribution in [1.29, 1.82) is 0 Å². The van der Waals surface area contributed by atoms with Crippen molar-refractivity contribution in [2.24, 2.45) is 11.7 Å². The Morgan fingerprint density at radius 3 is 2.52 bits per heavy atom. The molecule has 1 saturated carbocycles. The Labute approximate surface area is 195 Å². The summed E-state index contributed by atoms with van der Waals surface area (Å²) in [6.07, 6.45) is 9.37. The number of benzene rings is 1. The van der Waals surface area contributed by atoms with E-state index in [9.17, 15) is 10.1 Å². The summed E-state index contributed by atoms with van der Waals surface area (Å²) in [6, 6.07) is 8.72. The highest BCUT2D eigenvalue weighted by molar-refractivity contribution is 5.58. The number of anilines is 3. The van der Waals surface area contributed by atoms with Gasteiger partial charge in [0, 0.05) is 31.4 Å². The van der Waals surface area contributed by atoms with E-state index < -0.39 is 4.92 Å².